The average molecular weight is 538 g/mol. The van der Waals surface area contributed by atoms with Gasteiger partial charge in [0.2, 0.25) is 0 Å². The molecule has 4 rings (SSSR count). The summed E-state index contributed by atoms with van der Waals surface area (Å²) in [6, 6.07) is 5.14. The Morgan fingerprint density at radius 1 is 1.03 bits per heavy atom. The van der Waals surface area contributed by atoms with Gasteiger partial charge in [-0.25, -0.2) is 13.6 Å². The number of nitrogens with one attached hydrogen (secondary N) is 1. The molecule has 2 aliphatic rings. The van der Waals surface area contributed by atoms with E-state index in [2.05, 4.69) is 5.32 Å². The molecule has 38 heavy (non-hydrogen) atoms. The highest BCUT2D eigenvalue weighted by atomic mass is 19.3. The van der Waals surface area contributed by atoms with E-state index in [1.165, 1.54) is 19.1 Å². The predicted molar refractivity (Wildman–Crippen MR) is 128 cm³/mol. The molecule has 2 bridgehead atoms. The van der Waals surface area contributed by atoms with Crippen molar-refractivity contribution in [3.8, 4) is 0 Å². The van der Waals surface area contributed by atoms with Gasteiger partial charge in [-0.2, -0.15) is 8.78 Å². The average Bonchev–Trinajstić information content (AvgIpc) is 3.04. The van der Waals surface area contributed by atoms with Gasteiger partial charge in [0.1, 0.15) is 23.4 Å². The Labute approximate surface area is 216 Å². The summed E-state index contributed by atoms with van der Waals surface area (Å²) in [5.74, 6) is -8.84. The maximum absolute atomic E-state index is 15.6. The zero-order valence-electron chi connectivity index (χ0n) is 21.2. The SMILES string of the molecule is Cc1cc(NC(=O)c2ccc(F)c(C(F)(F)C(=O)N3C4COCC3N(C(=O)OC(C)(C)C)C4)c2)ccc1F. The second-order valence-corrected chi connectivity index (χ2v) is 10.2. The molecule has 0 spiro atoms. The van der Waals surface area contributed by atoms with Crippen molar-refractivity contribution >= 4 is 23.6 Å². The first-order chi connectivity index (χ1) is 17.7. The van der Waals surface area contributed by atoms with Crippen molar-refractivity contribution in [2.45, 2.75) is 51.4 Å². The van der Waals surface area contributed by atoms with E-state index in [0.717, 1.165) is 21.9 Å². The number of hydrogen-bond donors (Lipinski definition) is 1. The molecule has 0 aromatic heterocycles. The summed E-state index contributed by atoms with van der Waals surface area (Å²) in [4.78, 5) is 40.5. The van der Waals surface area contributed by atoms with Gasteiger partial charge in [-0.05, 0) is 69.7 Å². The van der Waals surface area contributed by atoms with Gasteiger partial charge < -0.3 is 19.7 Å². The van der Waals surface area contributed by atoms with E-state index >= 15 is 8.78 Å². The minimum Gasteiger partial charge on any atom is -0.444 e. The van der Waals surface area contributed by atoms with Crippen LogP contribution in [-0.4, -0.2) is 65.3 Å². The van der Waals surface area contributed by atoms with Crippen LogP contribution in [-0.2, 0) is 20.2 Å². The Balaban J connectivity index is 1.58. The summed E-state index contributed by atoms with van der Waals surface area (Å²) >= 11 is 0. The molecule has 2 aromatic carbocycles. The smallest absolute Gasteiger partial charge is 0.412 e. The number of aryl methyl sites for hydroxylation is 1. The fourth-order valence-electron chi connectivity index (χ4n) is 4.37. The quantitative estimate of drug-likeness (QED) is 0.584. The van der Waals surface area contributed by atoms with E-state index < -0.39 is 58.8 Å². The molecule has 0 radical (unpaired) electrons. The van der Waals surface area contributed by atoms with Crippen molar-refractivity contribution in [2.24, 2.45) is 0 Å². The number of rotatable bonds is 4. The van der Waals surface area contributed by atoms with Gasteiger partial charge in [0.05, 0.1) is 24.8 Å². The van der Waals surface area contributed by atoms with E-state index in [1.54, 1.807) is 20.8 Å². The molecule has 2 heterocycles. The highest BCUT2D eigenvalue weighted by Gasteiger charge is 2.56. The van der Waals surface area contributed by atoms with Gasteiger partial charge in [0, 0.05) is 17.8 Å². The lowest BCUT2D eigenvalue weighted by atomic mass is 10.0. The lowest BCUT2D eigenvalue weighted by Gasteiger charge is -2.37. The van der Waals surface area contributed by atoms with Crippen molar-refractivity contribution in [1.29, 1.82) is 0 Å². The molecule has 2 atom stereocenters. The molecule has 3 amide bonds. The standard InChI is InChI=1S/C26H27F4N3O5/c1-14-9-16(6-8-19(14)27)31-22(34)15-5-7-20(28)18(10-15)26(29,30)23(35)33-17-11-32(21(33)13-37-12-17)24(36)38-25(2,3)4/h5-10,17,21H,11-13H2,1-4H3,(H,31,34). The Hall–Kier alpha value is -3.67. The molecule has 2 aliphatic heterocycles. The van der Waals surface area contributed by atoms with Gasteiger partial charge in [0.15, 0.2) is 0 Å². The Morgan fingerprint density at radius 2 is 1.71 bits per heavy atom. The highest BCUT2D eigenvalue weighted by molar-refractivity contribution is 6.04. The number of morpholine rings is 1. The number of carbonyl (C=O) groups excluding carboxylic acids is 3. The lowest BCUT2D eigenvalue weighted by molar-refractivity contribution is -0.171. The number of alkyl halides is 2. The number of hydrogen-bond acceptors (Lipinski definition) is 5. The predicted octanol–water partition coefficient (Wildman–Crippen LogP) is 4.42. The van der Waals surface area contributed by atoms with Crippen molar-refractivity contribution in [3.63, 3.8) is 0 Å². The molecule has 0 aliphatic carbocycles. The number of carbonyl (C=O) groups is 3. The second-order valence-electron chi connectivity index (χ2n) is 10.2. The summed E-state index contributed by atoms with van der Waals surface area (Å²) in [5.41, 5.74) is -2.03. The Kier molecular flexibility index (Phi) is 7.13. The molecule has 0 saturated carbocycles. The number of anilines is 1. The van der Waals surface area contributed by atoms with Gasteiger partial charge in [-0.3, -0.25) is 14.5 Å². The van der Waals surface area contributed by atoms with Crippen molar-refractivity contribution in [2.75, 3.05) is 25.1 Å². The normalized spacial score (nSPS) is 19.4. The monoisotopic (exact) mass is 537 g/mol. The van der Waals surface area contributed by atoms with Gasteiger partial charge in [-0.1, -0.05) is 0 Å². The molecule has 2 unspecified atom stereocenters. The minimum atomic E-state index is -4.37. The molecule has 8 nitrogen and oxygen atoms in total. The van der Waals surface area contributed by atoms with Crippen LogP contribution in [0.15, 0.2) is 36.4 Å². The van der Waals surface area contributed by atoms with Crippen LogP contribution in [0.25, 0.3) is 0 Å². The molecular weight excluding hydrogens is 510 g/mol. The minimum absolute atomic E-state index is 0.0938. The lowest BCUT2D eigenvalue weighted by Crippen LogP contribution is -2.56. The third kappa shape index (κ3) is 5.31. The summed E-state index contributed by atoms with van der Waals surface area (Å²) in [6.07, 6.45) is -1.96. The van der Waals surface area contributed by atoms with E-state index in [-0.39, 0.29) is 36.6 Å². The molecule has 1 N–H and O–H groups in total. The Bertz CT molecular complexity index is 1280. The van der Waals surface area contributed by atoms with Crippen LogP contribution >= 0.6 is 0 Å². The van der Waals surface area contributed by atoms with Crippen molar-refractivity contribution in [3.05, 3.63) is 64.7 Å². The fourth-order valence-corrected chi connectivity index (χ4v) is 4.37. The largest absolute Gasteiger partial charge is 0.444 e. The van der Waals surface area contributed by atoms with Gasteiger partial charge in [0.25, 0.3) is 11.8 Å². The van der Waals surface area contributed by atoms with Gasteiger partial charge in [-0.15, -0.1) is 0 Å². The van der Waals surface area contributed by atoms with Gasteiger partial charge >= 0.3 is 12.0 Å². The van der Waals surface area contributed by atoms with Crippen LogP contribution in [0.1, 0.15) is 42.3 Å². The van der Waals surface area contributed by atoms with Crippen LogP contribution < -0.4 is 5.32 Å². The van der Waals surface area contributed by atoms with Crippen LogP contribution in [0.2, 0.25) is 0 Å². The summed E-state index contributed by atoms with van der Waals surface area (Å²) < 4.78 is 70.0. The van der Waals surface area contributed by atoms with Crippen LogP contribution in [0.4, 0.5) is 28.0 Å². The van der Waals surface area contributed by atoms with E-state index in [9.17, 15) is 23.2 Å². The maximum Gasteiger partial charge on any atom is 0.412 e. The van der Waals surface area contributed by atoms with E-state index in [0.29, 0.717) is 12.1 Å². The molecule has 2 fully saturated rings. The molecule has 2 saturated heterocycles. The number of fused-ring (bicyclic) bond motifs is 2. The van der Waals surface area contributed by atoms with E-state index in [4.69, 9.17) is 9.47 Å². The molecule has 12 heteroatoms. The fraction of sp³-hybridized carbons (Fsp3) is 0.423. The first kappa shape index (κ1) is 27.4. The maximum atomic E-state index is 15.6. The third-order valence-electron chi connectivity index (χ3n) is 6.17. The number of halogens is 4. The number of amides is 3. The number of benzene rings is 2. The second kappa shape index (κ2) is 9.90. The van der Waals surface area contributed by atoms with E-state index in [1.807, 2.05) is 0 Å². The van der Waals surface area contributed by atoms with Crippen LogP contribution in [0.3, 0.4) is 0 Å². The number of ether oxygens (including phenoxy) is 2. The van der Waals surface area contributed by atoms with Crippen molar-refractivity contribution < 1.29 is 41.4 Å². The summed E-state index contributed by atoms with van der Waals surface area (Å²) in [7, 11) is 0. The zero-order valence-corrected chi connectivity index (χ0v) is 21.2. The molecule has 204 valence electrons. The molecule has 2 aromatic rings. The van der Waals surface area contributed by atoms with Crippen LogP contribution in [0, 0.1) is 18.6 Å². The Morgan fingerprint density at radius 3 is 2.37 bits per heavy atom. The molecular formula is C26H27F4N3O5. The zero-order chi connectivity index (χ0) is 28.0. The highest BCUT2D eigenvalue weighted by Crippen LogP contribution is 2.38. The topological polar surface area (TPSA) is 88.2 Å². The summed E-state index contributed by atoms with van der Waals surface area (Å²) in [6.45, 7) is 6.00. The third-order valence-corrected chi connectivity index (χ3v) is 6.17. The van der Waals surface area contributed by atoms with Crippen LogP contribution in [0.5, 0.6) is 0 Å². The summed E-state index contributed by atoms with van der Waals surface area (Å²) in [5, 5.41) is 2.44. The van der Waals surface area contributed by atoms with Crippen molar-refractivity contribution in [1.82, 2.24) is 9.80 Å². The number of nitrogens with zero attached hydrogens (tertiary/aromatic N) is 2. The first-order valence-corrected chi connectivity index (χ1v) is 11.8. The first-order valence-electron chi connectivity index (χ1n) is 11.8.